The summed E-state index contributed by atoms with van der Waals surface area (Å²) in [5.74, 6) is 1.57. The van der Waals surface area contributed by atoms with Gasteiger partial charge in [0.1, 0.15) is 0 Å². The highest BCUT2D eigenvalue weighted by atomic mass is 14.3. The van der Waals surface area contributed by atoms with E-state index in [0.29, 0.717) is 0 Å². The van der Waals surface area contributed by atoms with E-state index in [4.69, 9.17) is 0 Å². The third kappa shape index (κ3) is 5.10. The molecule has 1 aliphatic rings. The van der Waals surface area contributed by atoms with Gasteiger partial charge in [0.15, 0.2) is 0 Å². The SMILES string of the molecule is C/C=C/C1CCC(c2ccc(-c3ccc(CCCCC)cc3)cc2)CC1. The van der Waals surface area contributed by atoms with Crippen molar-refractivity contribution in [3.8, 4) is 11.1 Å². The molecule has 1 aliphatic carbocycles. The van der Waals surface area contributed by atoms with Crippen molar-refractivity contribution >= 4 is 0 Å². The topological polar surface area (TPSA) is 0 Å². The summed E-state index contributed by atoms with van der Waals surface area (Å²) >= 11 is 0. The maximum absolute atomic E-state index is 2.39. The lowest BCUT2D eigenvalue weighted by Crippen LogP contribution is -2.11. The van der Waals surface area contributed by atoms with Crippen LogP contribution in [0.15, 0.2) is 60.7 Å². The average Bonchev–Trinajstić information content (AvgIpc) is 2.70. The molecule has 0 bridgehead atoms. The molecule has 2 aromatic rings. The van der Waals surface area contributed by atoms with Crippen molar-refractivity contribution in [1.82, 2.24) is 0 Å². The van der Waals surface area contributed by atoms with E-state index in [1.54, 1.807) is 0 Å². The molecule has 0 saturated heterocycles. The van der Waals surface area contributed by atoms with E-state index in [1.165, 1.54) is 73.6 Å². The molecule has 1 saturated carbocycles. The first-order chi connectivity index (χ1) is 12.8. The van der Waals surface area contributed by atoms with Crippen molar-refractivity contribution < 1.29 is 0 Å². The lowest BCUT2D eigenvalue weighted by Gasteiger charge is -2.27. The maximum Gasteiger partial charge on any atom is -0.0162 e. The van der Waals surface area contributed by atoms with Crippen molar-refractivity contribution in [3.63, 3.8) is 0 Å². The molecular formula is C26H34. The summed E-state index contributed by atoms with van der Waals surface area (Å²) in [5, 5.41) is 0. The highest BCUT2D eigenvalue weighted by Crippen LogP contribution is 2.36. The Morgan fingerprint density at radius 3 is 2.00 bits per heavy atom. The molecule has 0 spiro atoms. The summed E-state index contributed by atoms with van der Waals surface area (Å²) in [6, 6.07) is 18.6. The highest BCUT2D eigenvalue weighted by Gasteiger charge is 2.20. The maximum atomic E-state index is 2.39. The Labute approximate surface area is 160 Å². The van der Waals surface area contributed by atoms with Crippen molar-refractivity contribution in [2.45, 2.75) is 71.1 Å². The second-order valence-corrected chi connectivity index (χ2v) is 7.91. The van der Waals surface area contributed by atoms with E-state index >= 15 is 0 Å². The molecule has 0 heterocycles. The number of benzene rings is 2. The summed E-state index contributed by atoms with van der Waals surface area (Å²) in [6.07, 6.45) is 15.1. The minimum Gasteiger partial charge on any atom is -0.0914 e. The van der Waals surface area contributed by atoms with Gasteiger partial charge in [0.05, 0.1) is 0 Å². The van der Waals surface area contributed by atoms with Gasteiger partial charge in [-0.15, -0.1) is 0 Å². The third-order valence-corrected chi connectivity index (χ3v) is 5.97. The van der Waals surface area contributed by atoms with Gasteiger partial charge in [-0.25, -0.2) is 0 Å². The number of hydrogen-bond donors (Lipinski definition) is 0. The zero-order valence-electron chi connectivity index (χ0n) is 16.6. The zero-order valence-corrected chi connectivity index (χ0v) is 16.6. The lowest BCUT2D eigenvalue weighted by atomic mass is 9.78. The molecule has 0 atom stereocenters. The number of unbranched alkanes of at least 4 members (excludes halogenated alkanes) is 2. The van der Waals surface area contributed by atoms with Gasteiger partial charge in [-0.2, -0.15) is 0 Å². The largest absolute Gasteiger partial charge is 0.0914 e. The van der Waals surface area contributed by atoms with Crippen LogP contribution in [-0.2, 0) is 6.42 Å². The first-order valence-electron chi connectivity index (χ1n) is 10.6. The van der Waals surface area contributed by atoms with Crippen LogP contribution in [-0.4, -0.2) is 0 Å². The molecule has 0 amide bonds. The Bertz CT molecular complexity index is 667. The standard InChI is InChI=1S/C26H34/c1-3-5-6-8-22-11-15-24(16-12-22)26-19-17-25(18-20-26)23-13-9-21(7-4-2)10-14-23/h4,7,11-12,15-21,23H,3,5-6,8-10,13-14H2,1-2H3/b7-4+. The number of hydrogen-bond acceptors (Lipinski definition) is 0. The molecule has 26 heavy (non-hydrogen) atoms. The molecule has 1 fully saturated rings. The molecule has 2 aromatic carbocycles. The number of allylic oxidation sites excluding steroid dienone is 2. The average molecular weight is 347 g/mol. The van der Waals surface area contributed by atoms with Crippen LogP contribution in [0.1, 0.15) is 75.8 Å². The molecule has 0 heteroatoms. The van der Waals surface area contributed by atoms with Crippen LogP contribution >= 0.6 is 0 Å². The van der Waals surface area contributed by atoms with Crippen molar-refractivity contribution in [2.75, 3.05) is 0 Å². The lowest BCUT2D eigenvalue weighted by molar-refractivity contribution is 0.376. The predicted molar refractivity (Wildman–Crippen MR) is 115 cm³/mol. The molecule has 0 N–H and O–H groups in total. The molecule has 0 radical (unpaired) electrons. The van der Waals surface area contributed by atoms with Gasteiger partial charge in [-0.05, 0) is 79.5 Å². The summed E-state index contributed by atoms with van der Waals surface area (Å²) in [4.78, 5) is 0. The van der Waals surface area contributed by atoms with Crippen molar-refractivity contribution in [3.05, 3.63) is 71.8 Å². The van der Waals surface area contributed by atoms with Gasteiger partial charge in [0.25, 0.3) is 0 Å². The quantitative estimate of drug-likeness (QED) is 0.352. The van der Waals surface area contributed by atoms with Crippen molar-refractivity contribution in [2.24, 2.45) is 5.92 Å². The Morgan fingerprint density at radius 2 is 1.42 bits per heavy atom. The van der Waals surface area contributed by atoms with Crippen LogP contribution in [0.2, 0.25) is 0 Å². The van der Waals surface area contributed by atoms with Crippen molar-refractivity contribution in [1.29, 1.82) is 0 Å². The van der Waals surface area contributed by atoms with Crippen LogP contribution in [0.25, 0.3) is 11.1 Å². The number of aryl methyl sites for hydroxylation is 1. The fourth-order valence-corrected chi connectivity index (χ4v) is 4.31. The van der Waals surface area contributed by atoms with Crippen LogP contribution < -0.4 is 0 Å². The molecule has 0 nitrogen and oxygen atoms in total. The van der Waals surface area contributed by atoms with E-state index in [9.17, 15) is 0 Å². The van der Waals surface area contributed by atoms with Gasteiger partial charge >= 0.3 is 0 Å². The molecule has 138 valence electrons. The van der Waals surface area contributed by atoms with E-state index in [0.717, 1.165) is 11.8 Å². The molecule has 3 rings (SSSR count). The van der Waals surface area contributed by atoms with Gasteiger partial charge < -0.3 is 0 Å². The summed E-state index contributed by atoms with van der Waals surface area (Å²) in [5.41, 5.74) is 5.68. The highest BCUT2D eigenvalue weighted by molar-refractivity contribution is 5.64. The first-order valence-corrected chi connectivity index (χ1v) is 10.6. The van der Waals surface area contributed by atoms with E-state index < -0.39 is 0 Å². The van der Waals surface area contributed by atoms with Gasteiger partial charge in [-0.3, -0.25) is 0 Å². The van der Waals surface area contributed by atoms with Gasteiger partial charge in [-0.1, -0.05) is 80.4 Å². The molecular weight excluding hydrogens is 312 g/mol. The normalized spacial score (nSPS) is 20.5. The summed E-state index contributed by atoms with van der Waals surface area (Å²) in [7, 11) is 0. The van der Waals surface area contributed by atoms with Crippen LogP contribution in [0.5, 0.6) is 0 Å². The van der Waals surface area contributed by atoms with Crippen LogP contribution in [0, 0.1) is 5.92 Å². The Balaban J connectivity index is 1.59. The van der Waals surface area contributed by atoms with E-state index in [2.05, 4.69) is 74.5 Å². The zero-order chi connectivity index (χ0) is 18.2. The summed E-state index contributed by atoms with van der Waals surface area (Å²) in [6.45, 7) is 4.41. The predicted octanol–water partition coefficient (Wildman–Crippen LogP) is 7.94. The second-order valence-electron chi connectivity index (χ2n) is 7.91. The first kappa shape index (κ1) is 19.0. The van der Waals surface area contributed by atoms with Gasteiger partial charge in [0.2, 0.25) is 0 Å². The summed E-state index contributed by atoms with van der Waals surface area (Å²) < 4.78 is 0. The van der Waals surface area contributed by atoms with E-state index in [1.807, 2.05) is 0 Å². The van der Waals surface area contributed by atoms with Gasteiger partial charge in [0, 0.05) is 0 Å². The Kier molecular flexibility index (Phi) is 7.12. The molecule has 0 aromatic heterocycles. The Hall–Kier alpha value is -1.82. The van der Waals surface area contributed by atoms with Crippen LogP contribution in [0.4, 0.5) is 0 Å². The molecule has 0 aliphatic heterocycles. The second kappa shape index (κ2) is 9.76. The Morgan fingerprint density at radius 1 is 0.808 bits per heavy atom. The van der Waals surface area contributed by atoms with Crippen LogP contribution in [0.3, 0.4) is 0 Å². The smallest absolute Gasteiger partial charge is 0.0162 e. The number of rotatable bonds is 7. The monoisotopic (exact) mass is 346 g/mol. The minimum atomic E-state index is 0.756. The minimum absolute atomic E-state index is 0.756. The fraction of sp³-hybridized carbons (Fsp3) is 0.462. The van der Waals surface area contributed by atoms with E-state index in [-0.39, 0.29) is 0 Å². The fourth-order valence-electron chi connectivity index (χ4n) is 4.31. The molecule has 0 unspecified atom stereocenters. The third-order valence-electron chi connectivity index (χ3n) is 5.97.